The maximum Gasteiger partial charge on any atom is 0.325 e. The van der Waals surface area contributed by atoms with Crippen LogP contribution in [0.25, 0.3) is 0 Å². The summed E-state index contributed by atoms with van der Waals surface area (Å²) >= 11 is 0. The fourth-order valence-electron chi connectivity index (χ4n) is 5.14. The van der Waals surface area contributed by atoms with Crippen LogP contribution in [-0.4, -0.2) is 55.0 Å². The van der Waals surface area contributed by atoms with Crippen LogP contribution in [0.15, 0.2) is 72.8 Å². The van der Waals surface area contributed by atoms with Gasteiger partial charge in [-0.25, -0.2) is 4.79 Å². The summed E-state index contributed by atoms with van der Waals surface area (Å²) < 4.78 is 10.8. The maximum atomic E-state index is 13.9. The summed E-state index contributed by atoms with van der Waals surface area (Å²) in [5.41, 5.74) is 2.35. The van der Waals surface area contributed by atoms with Gasteiger partial charge in [-0.15, -0.1) is 0 Å². The number of nitrogens with zero attached hydrogens (tertiary/aromatic N) is 2. The molecule has 8 nitrogen and oxygen atoms in total. The lowest BCUT2D eigenvalue weighted by atomic mass is 9.83. The molecule has 1 atom stereocenters. The van der Waals surface area contributed by atoms with Gasteiger partial charge in [0.15, 0.2) is 17.0 Å². The minimum absolute atomic E-state index is 0.284. The molecule has 3 aromatic rings. The highest BCUT2D eigenvalue weighted by Crippen LogP contribution is 2.35. The number of rotatable bonds is 7. The summed E-state index contributed by atoms with van der Waals surface area (Å²) in [6.07, 6.45) is 0.926. The van der Waals surface area contributed by atoms with E-state index < -0.39 is 17.5 Å². The average Bonchev–Trinajstić information content (AvgIpc) is 3.17. The molecule has 2 heterocycles. The van der Waals surface area contributed by atoms with Gasteiger partial charge in [-0.1, -0.05) is 60.7 Å². The van der Waals surface area contributed by atoms with Gasteiger partial charge in [-0.3, -0.25) is 14.5 Å². The molecule has 0 saturated carbocycles. The molecule has 0 bridgehead atoms. The highest BCUT2D eigenvalue weighted by atomic mass is 16.5. The van der Waals surface area contributed by atoms with Gasteiger partial charge < -0.3 is 19.7 Å². The van der Waals surface area contributed by atoms with Crippen LogP contribution >= 0.6 is 0 Å². The molecular formula is C29H29N3O5. The molecule has 4 amide bonds. The molecule has 1 N–H and O–H groups in total. The number of benzene rings is 3. The fraction of sp³-hybridized carbons (Fsp3) is 0.276. The predicted molar refractivity (Wildman–Crippen MR) is 137 cm³/mol. The first kappa shape index (κ1) is 24.4. The second-order valence-corrected chi connectivity index (χ2v) is 9.30. The predicted octanol–water partition coefficient (Wildman–Crippen LogP) is 3.28. The van der Waals surface area contributed by atoms with Gasteiger partial charge >= 0.3 is 6.03 Å². The number of hydrogen-bond acceptors (Lipinski definition) is 5. The summed E-state index contributed by atoms with van der Waals surface area (Å²) in [4.78, 5) is 43.0. The Morgan fingerprint density at radius 2 is 1.54 bits per heavy atom. The number of nitrogens with one attached hydrogen (secondary N) is 1. The monoisotopic (exact) mass is 499 g/mol. The molecule has 0 unspecified atom stereocenters. The number of carbonyl (C=O) groups is 3. The van der Waals surface area contributed by atoms with Crippen molar-refractivity contribution in [1.29, 1.82) is 0 Å². The number of carbonyl (C=O) groups excluding carboxylic acids is 3. The summed E-state index contributed by atoms with van der Waals surface area (Å²) in [5, 5.41) is 2.92. The number of fused-ring (bicyclic) bond motifs is 1. The zero-order valence-corrected chi connectivity index (χ0v) is 20.9. The van der Waals surface area contributed by atoms with Crippen molar-refractivity contribution in [2.75, 3.05) is 27.3 Å². The zero-order chi connectivity index (χ0) is 26.0. The van der Waals surface area contributed by atoms with Crippen molar-refractivity contribution in [3.63, 3.8) is 0 Å². The van der Waals surface area contributed by atoms with Gasteiger partial charge in [0.25, 0.3) is 5.91 Å². The Hall–Kier alpha value is -4.33. The second-order valence-electron chi connectivity index (χ2n) is 9.30. The average molecular weight is 500 g/mol. The lowest BCUT2D eigenvalue weighted by molar-refractivity contribution is -0.139. The molecule has 190 valence electrons. The Morgan fingerprint density at radius 1 is 0.919 bits per heavy atom. The van der Waals surface area contributed by atoms with E-state index in [9.17, 15) is 14.4 Å². The van der Waals surface area contributed by atoms with Gasteiger partial charge in [-0.2, -0.15) is 0 Å². The molecule has 2 aliphatic rings. The van der Waals surface area contributed by atoms with Crippen LogP contribution in [-0.2, 0) is 34.5 Å². The molecular weight excluding hydrogens is 470 g/mol. The largest absolute Gasteiger partial charge is 0.493 e. The Kier molecular flexibility index (Phi) is 6.56. The Bertz CT molecular complexity index is 1330. The zero-order valence-electron chi connectivity index (χ0n) is 20.9. The quantitative estimate of drug-likeness (QED) is 0.504. The topological polar surface area (TPSA) is 88.2 Å². The van der Waals surface area contributed by atoms with Crippen LogP contribution < -0.4 is 14.8 Å². The molecule has 5 rings (SSSR count). The number of methoxy groups -OCH3 is 2. The molecule has 0 aliphatic carbocycles. The molecule has 1 fully saturated rings. The van der Waals surface area contributed by atoms with Gasteiger partial charge in [-0.05, 0) is 40.8 Å². The van der Waals surface area contributed by atoms with E-state index in [1.54, 1.807) is 19.1 Å². The number of ether oxygens (including phenoxy) is 2. The van der Waals surface area contributed by atoms with Gasteiger partial charge in [0, 0.05) is 19.5 Å². The molecule has 1 saturated heterocycles. The Morgan fingerprint density at radius 3 is 2.19 bits per heavy atom. The van der Waals surface area contributed by atoms with Crippen molar-refractivity contribution in [2.24, 2.45) is 0 Å². The molecule has 0 radical (unpaired) electrons. The highest BCUT2D eigenvalue weighted by molar-refractivity contribution is 6.09. The summed E-state index contributed by atoms with van der Waals surface area (Å²) in [7, 11) is 3.16. The summed E-state index contributed by atoms with van der Waals surface area (Å²) in [6.45, 7) is 0.529. The van der Waals surface area contributed by atoms with Crippen LogP contribution in [0, 0.1) is 0 Å². The highest BCUT2D eigenvalue weighted by Gasteiger charge is 2.53. The molecule has 8 heteroatoms. The normalized spacial score (nSPS) is 18.9. The van der Waals surface area contributed by atoms with E-state index in [4.69, 9.17) is 9.47 Å². The third-order valence-electron chi connectivity index (χ3n) is 7.12. The Labute approximate surface area is 215 Å². The minimum Gasteiger partial charge on any atom is -0.493 e. The van der Waals surface area contributed by atoms with Crippen molar-refractivity contribution in [2.45, 2.75) is 24.9 Å². The third-order valence-corrected chi connectivity index (χ3v) is 7.12. The van der Waals surface area contributed by atoms with E-state index in [0.29, 0.717) is 36.6 Å². The van der Waals surface area contributed by atoms with E-state index in [1.807, 2.05) is 72.8 Å². The van der Waals surface area contributed by atoms with Crippen molar-refractivity contribution >= 4 is 17.8 Å². The summed E-state index contributed by atoms with van der Waals surface area (Å²) in [5.74, 6) is 0.534. The minimum atomic E-state index is -1.28. The van der Waals surface area contributed by atoms with Gasteiger partial charge in [0.2, 0.25) is 5.91 Å². The van der Waals surface area contributed by atoms with E-state index >= 15 is 0 Å². The number of urea groups is 1. The Balaban J connectivity index is 1.37. The van der Waals surface area contributed by atoms with Crippen LogP contribution in [0.5, 0.6) is 11.5 Å². The second kappa shape index (κ2) is 9.97. The first-order valence-electron chi connectivity index (χ1n) is 12.2. The van der Waals surface area contributed by atoms with Crippen LogP contribution in [0.2, 0.25) is 0 Å². The van der Waals surface area contributed by atoms with Gasteiger partial charge in [0.05, 0.1) is 14.2 Å². The van der Waals surface area contributed by atoms with Crippen molar-refractivity contribution in [3.8, 4) is 11.5 Å². The standard InChI is InChI=1S/C29H29N3O5/c1-36-24-15-21-13-14-31(18-22(21)16-25(24)37-2)26(33)19-32-27(34)29(30-28(32)35,23-11-7-4-8-12-23)17-20-9-5-3-6-10-20/h3-12,15-16H,13-14,17-19H2,1-2H3,(H,30,35)/t29-/m0/s1. The molecule has 0 spiro atoms. The SMILES string of the molecule is COc1cc2c(cc1OC)CN(C(=O)CN1C(=O)N[C@@](Cc3ccccc3)(c3ccccc3)C1=O)CC2. The summed E-state index contributed by atoms with van der Waals surface area (Å²) in [6, 6.07) is 22.0. The fourth-order valence-corrected chi connectivity index (χ4v) is 5.14. The van der Waals surface area contributed by atoms with Crippen molar-refractivity contribution in [3.05, 3.63) is 95.1 Å². The molecule has 3 aromatic carbocycles. The lowest BCUT2D eigenvalue weighted by Gasteiger charge is -2.31. The number of hydrogen-bond donors (Lipinski definition) is 1. The molecule has 37 heavy (non-hydrogen) atoms. The van der Waals surface area contributed by atoms with Crippen LogP contribution in [0.1, 0.15) is 22.3 Å². The number of imide groups is 1. The maximum absolute atomic E-state index is 13.9. The molecule has 2 aliphatic heterocycles. The van der Waals surface area contributed by atoms with E-state index in [2.05, 4.69) is 5.32 Å². The van der Waals surface area contributed by atoms with E-state index in [0.717, 1.165) is 21.6 Å². The van der Waals surface area contributed by atoms with Crippen molar-refractivity contribution in [1.82, 2.24) is 15.1 Å². The van der Waals surface area contributed by atoms with Crippen molar-refractivity contribution < 1.29 is 23.9 Å². The van der Waals surface area contributed by atoms with Crippen LogP contribution in [0.3, 0.4) is 0 Å². The van der Waals surface area contributed by atoms with E-state index in [-0.39, 0.29) is 18.9 Å². The first-order valence-corrected chi connectivity index (χ1v) is 12.2. The number of amides is 4. The van der Waals surface area contributed by atoms with Gasteiger partial charge in [0.1, 0.15) is 6.54 Å². The van der Waals surface area contributed by atoms with Crippen LogP contribution in [0.4, 0.5) is 4.79 Å². The smallest absolute Gasteiger partial charge is 0.325 e. The lowest BCUT2D eigenvalue weighted by Crippen LogP contribution is -2.47. The molecule has 0 aromatic heterocycles. The van der Waals surface area contributed by atoms with E-state index in [1.165, 1.54) is 0 Å². The third kappa shape index (κ3) is 4.50. The first-order chi connectivity index (χ1) is 17.9.